The lowest BCUT2D eigenvalue weighted by Crippen LogP contribution is -2.01. The second-order valence-electron chi connectivity index (χ2n) is 3.45. The average molecular weight is 319 g/mol. The van der Waals surface area contributed by atoms with Crippen molar-refractivity contribution in [2.75, 3.05) is 0 Å². The van der Waals surface area contributed by atoms with E-state index in [0.717, 1.165) is 17.9 Å². The Kier molecular flexibility index (Phi) is 3.79. The number of nitrogens with zero attached hydrogens (tertiary/aromatic N) is 3. The maximum absolute atomic E-state index is 13.1. The van der Waals surface area contributed by atoms with Gasteiger partial charge in [0.2, 0.25) is 0 Å². The molecule has 17 heavy (non-hydrogen) atoms. The van der Waals surface area contributed by atoms with E-state index in [-0.39, 0.29) is 5.02 Å². The summed E-state index contributed by atoms with van der Waals surface area (Å²) in [5, 5.41) is 8.88. The summed E-state index contributed by atoms with van der Waals surface area (Å²) in [7, 11) is 0. The summed E-state index contributed by atoms with van der Waals surface area (Å²) >= 11 is 9.11. The van der Waals surface area contributed by atoms with Gasteiger partial charge in [0.15, 0.2) is 5.82 Å². The van der Waals surface area contributed by atoms with E-state index in [2.05, 4.69) is 26.1 Å². The molecule has 0 unspecified atom stereocenters. The van der Waals surface area contributed by atoms with Crippen LogP contribution in [0.4, 0.5) is 4.39 Å². The standard InChI is InChI=1S/C11H10BrClFN3/c1-2-17-10(6-12)15-16-11(17)7-3-4-9(14)8(13)5-7/h3-5H,2,6H2,1H3. The molecule has 0 saturated carbocycles. The highest BCUT2D eigenvalue weighted by molar-refractivity contribution is 9.08. The molecule has 1 heterocycles. The summed E-state index contributed by atoms with van der Waals surface area (Å²) in [5.41, 5.74) is 0.762. The van der Waals surface area contributed by atoms with Crippen molar-refractivity contribution in [2.24, 2.45) is 0 Å². The van der Waals surface area contributed by atoms with Gasteiger partial charge in [0.1, 0.15) is 11.6 Å². The molecule has 0 amide bonds. The highest BCUT2D eigenvalue weighted by atomic mass is 79.9. The molecule has 2 aromatic rings. The first-order valence-electron chi connectivity index (χ1n) is 5.10. The van der Waals surface area contributed by atoms with E-state index in [1.165, 1.54) is 6.07 Å². The van der Waals surface area contributed by atoms with Crippen molar-refractivity contribution in [2.45, 2.75) is 18.8 Å². The molecule has 2 rings (SSSR count). The number of aromatic nitrogens is 3. The van der Waals surface area contributed by atoms with Gasteiger partial charge in [-0.1, -0.05) is 27.5 Å². The summed E-state index contributed by atoms with van der Waals surface area (Å²) in [6, 6.07) is 4.54. The molecule has 1 aromatic heterocycles. The van der Waals surface area contributed by atoms with Crippen molar-refractivity contribution in [1.82, 2.24) is 14.8 Å². The van der Waals surface area contributed by atoms with E-state index in [9.17, 15) is 4.39 Å². The second kappa shape index (κ2) is 5.14. The molecule has 0 atom stereocenters. The number of rotatable bonds is 3. The summed E-state index contributed by atoms with van der Waals surface area (Å²) < 4.78 is 15.0. The lowest BCUT2D eigenvalue weighted by Gasteiger charge is -2.06. The summed E-state index contributed by atoms with van der Waals surface area (Å²) in [5.74, 6) is 1.10. The third-order valence-electron chi connectivity index (χ3n) is 2.44. The Bertz CT molecular complexity index is 542. The Morgan fingerprint density at radius 3 is 2.76 bits per heavy atom. The molecule has 0 bridgehead atoms. The Morgan fingerprint density at radius 1 is 1.41 bits per heavy atom. The molecular weight excluding hydrogens is 308 g/mol. The number of halogens is 3. The molecular formula is C11H10BrClFN3. The smallest absolute Gasteiger partial charge is 0.164 e. The van der Waals surface area contributed by atoms with Gasteiger partial charge in [0.05, 0.1) is 10.4 Å². The Morgan fingerprint density at radius 2 is 2.18 bits per heavy atom. The minimum Gasteiger partial charge on any atom is -0.311 e. The molecule has 90 valence electrons. The third-order valence-corrected chi connectivity index (χ3v) is 3.23. The fraction of sp³-hybridized carbons (Fsp3) is 0.273. The van der Waals surface area contributed by atoms with Gasteiger partial charge in [0, 0.05) is 12.1 Å². The fourth-order valence-corrected chi connectivity index (χ4v) is 2.21. The van der Waals surface area contributed by atoms with Crippen molar-refractivity contribution < 1.29 is 4.39 Å². The maximum atomic E-state index is 13.1. The van der Waals surface area contributed by atoms with Crippen molar-refractivity contribution in [1.29, 1.82) is 0 Å². The zero-order valence-corrected chi connectivity index (χ0v) is 11.5. The van der Waals surface area contributed by atoms with E-state index in [4.69, 9.17) is 11.6 Å². The van der Waals surface area contributed by atoms with Crippen LogP contribution in [0.25, 0.3) is 11.4 Å². The first kappa shape index (κ1) is 12.5. The zero-order valence-electron chi connectivity index (χ0n) is 9.12. The largest absolute Gasteiger partial charge is 0.311 e. The highest BCUT2D eigenvalue weighted by Crippen LogP contribution is 2.24. The van der Waals surface area contributed by atoms with Gasteiger partial charge < -0.3 is 4.57 Å². The molecule has 6 heteroatoms. The van der Waals surface area contributed by atoms with Crippen LogP contribution in [0.15, 0.2) is 18.2 Å². The molecule has 0 N–H and O–H groups in total. The molecule has 3 nitrogen and oxygen atoms in total. The molecule has 0 aliphatic heterocycles. The van der Waals surface area contributed by atoms with Gasteiger partial charge in [-0.25, -0.2) is 4.39 Å². The highest BCUT2D eigenvalue weighted by Gasteiger charge is 2.12. The molecule has 1 aromatic carbocycles. The molecule has 0 aliphatic rings. The Balaban J connectivity index is 2.52. The third kappa shape index (κ3) is 2.35. The van der Waals surface area contributed by atoms with Gasteiger partial charge in [-0.15, -0.1) is 10.2 Å². The first-order valence-corrected chi connectivity index (χ1v) is 6.60. The Labute approximate surface area is 112 Å². The van der Waals surface area contributed by atoms with Crippen LogP contribution in [0.3, 0.4) is 0 Å². The van der Waals surface area contributed by atoms with Gasteiger partial charge in [-0.2, -0.15) is 0 Å². The van der Waals surface area contributed by atoms with Crippen molar-refractivity contribution in [3.8, 4) is 11.4 Å². The molecule has 0 saturated heterocycles. The molecule has 0 radical (unpaired) electrons. The van der Waals surface area contributed by atoms with Gasteiger partial charge in [-0.3, -0.25) is 0 Å². The number of hydrogen-bond donors (Lipinski definition) is 0. The SMILES string of the molecule is CCn1c(CBr)nnc1-c1ccc(F)c(Cl)c1. The topological polar surface area (TPSA) is 30.7 Å². The van der Waals surface area contributed by atoms with Gasteiger partial charge in [0.25, 0.3) is 0 Å². The minimum atomic E-state index is -0.432. The summed E-state index contributed by atoms with van der Waals surface area (Å²) in [6.07, 6.45) is 0. The predicted molar refractivity (Wildman–Crippen MR) is 68.7 cm³/mol. The first-order chi connectivity index (χ1) is 8.17. The van der Waals surface area contributed by atoms with Gasteiger partial charge >= 0.3 is 0 Å². The van der Waals surface area contributed by atoms with Crippen LogP contribution < -0.4 is 0 Å². The average Bonchev–Trinajstić information content (AvgIpc) is 2.75. The van der Waals surface area contributed by atoms with Crippen molar-refractivity contribution >= 4 is 27.5 Å². The minimum absolute atomic E-state index is 0.0912. The van der Waals surface area contributed by atoms with Crippen LogP contribution in [0.2, 0.25) is 5.02 Å². The maximum Gasteiger partial charge on any atom is 0.164 e. The zero-order chi connectivity index (χ0) is 12.4. The number of hydrogen-bond acceptors (Lipinski definition) is 2. The molecule has 0 aliphatic carbocycles. The lowest BCUT2D eigenvalue weighted by molar-refractivity contribution is 0.628. The van der Waals surface area contributed by atoms with Crippen LogP contribution in [-0.4, -0.2) is 14.8 Å². The predicted octanol–water partition coefficient (Wildman–Crippen LogP) is 3.65. The number of benzene rings is 1. The molecule has 0 fully saturated rings. The Hall–Kier alpha value is -0.940. The second-order valence-corrected chi connectivity index (χ2v) is 4.41. The summed E-state index contributed by atoms with van der Waals surface area (Å²) in [4.78, 5) is 0. The van der Waals surface area contributed by atoms with E-state index in [1.54, 1.807) is 12.1 Å². The quantitative estimate of drug-likeness (QED) is 0.809. The van der Waals surface area contributed by atoms with Crippen LogP contribution in [0.1, 0.15) is 12.7 Å². The van der Waals surface area contributed by atoms with E-state index in [1.807, 2.05) is 11.5 Å². The van der Waals surface area contributed by atoms with Crippen molar-refractivity contribution in [3.63, 3.8) is 0 Å². The fourth-order valence-electron chi connectivity index (χ4n) is 1.62. The monoisotopic (exact) mass is 317 g/mol. The van der Waals surface area contributed by atoms with Gasteiger partial charge in [-0.05, 0) is 25.1 Å². The molecule has 0 spiro atoms. The normalized spacial score (nSPS) is 10.8. The van der Waals surface area contributed by atoms with Crippen molar-refractivity contribution in [3.05, 3.63) is 34.9 Å². The lowest BCUT2D eigenvalue weighted by atomic mass is 10.2. The summed E-state index contributed by atoms with van der Waals surface area (Å²) in [6.45, 7) is 2.75. The van der Waals surface area contributed by atoms with Crippen LogP contribution in [-0.2, 0) is 11.9 Å². The van der Waals surface area contributed by atoms with Crippen LogP contribution in [0, 0.1) is 5.82 Å². The van der Waals surface area contributed by atoms with E-state index in [0.29, 0.717) is 11.2 Å². The van der Waals surface area contributed by atoms with Crippen LogP contribution >= 0.6 is 27.5 Å². The van der Waals surface area contributed by atoms with E-state index >= 15 is 0 Å². The van der Waals surface area contributed by atoms with E-state index < -0.39 is 5.82 Å². The van der Waals surface area contributed by atoms with Crippen LogP contribution in [0.5, 0.6) is 0 Å². The number of alkyl halides is 1.